The average molecular weight is 348 g/mol. The number of halogens is 1. The summed E-state index contributed by atoms with van der Waals surface area (Å²) in [5.41, 5.74) is 8.33. The number of aromatic nitrogens is 1. The van der Waals surface area contributed by atoms with Gasteiger partial charge in [-0.2, -0.15) is 0 Å². The highest BCUT2D eigenvalue weighted by Gasteiger charge is 2.32. The van der Waals surface area contributed by atoms with Gasteiger partial charge in [0.25, 0.3) is 0 Å². The standard InChI is InChI=1S/C19H25N3O.ClH/c1-19(14-20)9-11-22(15-19)12-16-6-2-3-8-18(16)23-13-17-7-4-5-10-21-17;/h2-8,10H,9,11-15,20H2,1H3;1H. The first-order valence-corrected chi connectivity index (χ1v) is 8.22. The van der Waals surface area contributed by atoms with Crippen molar-refractivity contribution in [2.75, 3.05) is 19.6 Å². The molecule has 0 saturated carbocycles. The molecule has 3 rings (SSSR count). The number of benzene rings is 1. The lowest BCUT2D eigenvalue weighted by atomic mass is 9.90. The number of pyridine rings is 1. The molecular formula is C19H26ClN3O. The van der Waals surface area contributed by atoms with Crippen molar-refractivity contribution in [1.82, 2.24) is 9.88 Å². The van der Waals surface area contributed by atoms with Crippen molar-refractivity contribution in [3.63, 3.8) is 0 Å². The van der Waals surface area contributed by atoms with Crippen LogP contribution in [0, 0.1) is 5.41 Å². The van der Waals surface area contributed by atoms with Crippen LogP contribution in [0.5, 0.6) is 5.75 Å². The maximum Gasteiger partial charge on any atom is 0.130 e. The van der Waals surface area contributed by atoms with Crippen LogP contribution >= 0.6 is 12.4 Å². The van der Waals surface area contributed by atoms with Crippen LogP contribution in [0.2, 0.25) is 0 Å². The van der Waals surface area contributed by atoms with Crippen molar-refractivity contribution in [2.24, 2.45) is 11.1 Å². The zero-order chi connectivity index (χ0) is 16.1. The van der Waals surface area contributed by atoms with Gasteiger partial charge >= 0.3 is 0 Å². The first-order chi connectivity index (χ1) is 11.2. The molecule has 1 fully saturated rings. The van der Waals surface area contributed by atoms with Crippen LogP contribution in [0.1, 0.15) is 24.6 Å². The quantitative estimate of drug-likeness (QED) is 0.871. The summed E-state index contributed by atoms with van der Waals surface area (Å²) in [5.74, 6) is 0.944. The van der Waals surface area contributed by atoms with Gasteiger partial charge in [-0.1, -0.05) is 31.2 Å². The molecule has 4 nitrogen and oxygen atoms in total. The van der Waals surface area contributed by atoms with Crippen molar-refractivity contribution < 1.29 is 4.74 Å². The van der Waals surface area contributed by atoms with Crippen LogP contribution in [0.3, 0.4) is 0 Å². The molecular weight excluding hydrogens is 322 g/mol. The molecule has 1 aliphatic rings. The molecule has 1 aromatic carbocycles. The summed E-state index contributed by atoms with van der Waals surface area (Å²) in [6.07, 6.45) is 2.96. The predicted octanol–water partition coefficient (Wildman–Crippen LogP) is 3.25. The summed E-state index contributed by atoms with van der Waals surface area (Å²) in [6.45, 7) is 6.59. The Kier molecular flexibility index (Phi) is 6.60. The maximum atomic E-state index is 6.00. The molecule has 1 atom stereocenters. The van der Waals surface area contributed by atoms with Gasteiger partial charge in [0.1, 0.15) is 12.4 Å². The molecule has 1 unspecified atom stereocenters. The number of hydrogen-bond donors (Lipinski definition) is 1. The lowest BCUT2D eigenvalue weighted by molar-refractivity contribution is 0.261. The molecule has 2 N–H and O–H groups in total. The number of ether oxygens (including phenoxy) is 1. The van der Waals surface area contributed by atoms with E-state index in [1.165, 1.54) is 12.0 Å². The molecule has 24 heavy (non-hydrogen) atoms. The molecule has 1 aromatic heterocycles. The smallest absolute Gasteiger partial charge is 0.130 e. The third kappa shape index (κ3) is 4.69. The molecule has 0 bridgehead atoms. The lowest BCUT2D eigenvalue weighted by Gasteiger charge is -2.23. The Morgan fingerprint density at radius 3 is 2.71 bits per heavy atom. The normalized spacial score (nSPS) is 20.6. The van der Waals surface area contributed by atoms with Crippen molar-refractivity contribution in [1.29, 1.82) is 0 Å². The fourth-order valence-corrected chi connectivity index (χ4v) is 3.08. The van der Waals surface area contributed by atoms with E-state index in [0.29, 0.717) is 6.61 Å². The van der Waals surface area contributed by atoms with Gasteiger partial charge < -0.3 is 10.5 Å². The van der Waals surface area contributed by atoms with Gasteiger partial charge in [-0.25, -0.2) is 0 Å². The molecule has 1 aliphatic heterocycles. The number of likely N-dealkylation sites (tertiary alicyclic amines) is 1. The zero-order valence-corrected chi connectivity index (χ0v) is 15.0. The molecule has 2 aromatic rings. The van der Waals surface area contributed by atoms with Gasteiger partial charge in [0, 0.05) is 24.8 Å². The van der Waals surface area contributed by atoms with E-state index in [1.807, 2.05) is 30.3 Å². The third-order valence-corrected chi connectivity index (χ3v) is 4.60. The van der Waals surface area contributed by atoms with E-state index in [1.54, 1.807) is 6.20 Å². The van der Waals surface area contributed by atoms with Crippen molar-refractivity contribution in [2.45, 2.75) is 26.5 Å². The van der Waals surface area contributed by atoms with Gasteiger partial charge in [-0.15, -0.1) is 12.4 Å². The van der Waals surface area contributed by atoms with Crippen molar-refractivity contribution >= 4 is 12.4 Å². The molecule has 2 heterocycles. The minimum Gasteiger partial charge on any atom is -0.487 e. The molecule has 0 spiro atoms. The third-order valence-electron chi connectivity index (χ3n) is 4.60. The van der Waals surface area contributed by atoms with E-state index in [2.05, 4.69) is 28.9 Å². The summed E-state index contributed by atoms with van der Waals surface area (Å²) in [6, 6.07) is 14.2. The van der Waals surface area contributed by atoms with Gasteiger partial charge in [-0.3, -0.25) is 9.88 Å². The first kappa shape index (κ1) is 18.7. The van der Waals surface area contributed by atoms with E-state index in [-0.39, 0.29) is 17.8 Å². The number of nitrogens with zero attached hydrogens (tertiary/aromatic N) is 2. The Hall–Kier alpha value is -1.62. The monoisotopic (exact) mass is 347 g/mol. The summed E-state index contributed by atoms with van der Waals surface area (Å²) < 4.78 is 6.00. The summed E-state index contributed by atoms with van der Waals surface area (Å²) in [4.78, 5) is 6.78. The average Bonchev–Trinajstić information content (AvgIpc) is 2.97. The molecule has 0 radical (unpaired) electrons. The van der Waals surface area contributed by atoms with Gasteiger partial charge in [0.15, 0.2) is 0 Å². The summed E-state index contributed by atoms with van der Waals surface area (Å²) in [5, 5.41) is 0. The second kappa shape index (κ2) is 8.47. The lowest BCUT2D eigenvalue weighted by Crippen LogP contribution is -2.31. The minimum atomic E-state index is 0. The van der Waals surface area contributed by atoms with Crippen LogP contribution in [0.15, 0.2) is 48.7 Å². The molecule has 5 heteroatoms. The van der Waals surface area contributed by atoms with Crippen molar-refractivity contribution in [3.05, 3.63) is 59.9 Å². The van der Waals surface area contributed by atoms with Crippen LogP contribution in [0.25, 0.3) is 0 Å². The molecule has 0 aliphatic carbocycles. The second-order valence-corrected chi connectivity index (χ2v) is 6.69. The molecule has 1 saturated heterocycles. The molecule has 130 valence electrons. The second-order valence-electron chi connectivity index (χ2n) is 6.69. The zero-order valence-electron chi connectivity index (χ0n) is 14.1. The van der Waals surface area contributed by atoms with Crippen LogP contribution in [-0.2, 0) is 13.2 Å². The number of hydrogen-bond acceptors (Lipinski definition) is 4. The van der Waals surface area contributed by atoms with Crippen LogP contribution in [-0.4, -0.2) is 29.5 Å². The number of rotatable bonds is 6. The van der Waals surface area contributed by atoms with E-state index in [0.717, 1.165) is 37.6 Å². The highest BCUT2D eigenvalue weighted by molar-refractivity contribution is 5.85. The van der Waals surface area contributed by atoms with E-state index in [4.69, 9.17) is 10.5 Å². The predicted molar refractivity (Wildman–Crippen MR) is 99.3 cm³/mol. The maximum absolute atomic E-state index is 6.00. The SMILES string of the molecule is CC1(CN)CCN(Cc2ccccc2OCc2ccccn2)C1.Cl. The van der Waals surface area contributed by atoms with Crippen LogP contribution < -0.4 is 10.5 Å². The topological polar surface area (TPSA) is 51.4 Å². The molecule has 0 amide bonds. The number of nitrogens with two attached hydrogens (primary N) is 1. The fraction of sp³-hybridized carbons (Fsp3) is 0.421. The Morgan fingerprint density at radius 2 is 2.00 bits per heavy atom. The fourth-order valence-electron chi connectivity index (χ4n) is 3.08. The summed E-state index contributed by atoms with van der Waals surface area (Å²) in [7, 11) is 0. The van der Waals surface area contributed by atoms with E-state index < -0.39 is 0 Å². The highest BCUT2D eigenvalue weighted by Crippen LogP contribution is 2.31. The Labute approximate surface area is 150 Å². The first-order valence-electron chi connectivity index (χ1n) is 8.22. The number of para-hydroxylation sites is 1. The summed E-state index contributed by atoms with van der Waals surface area (Å²) >= 11 is 0. The van der Waals surface area contributed by atoms with Gasteiger partial charge in [0.2, 0.25) is 0 Å². The Bertz CT molecular complexity index is 638. The van der Waals surface area contributed by atoms with Gasteiger partial charge in [0.05, 0.1) is 5.69 Å². The Balaban J connectivity index is 0.00000208. The van der Waals surface area contributed by atoms with E-state index in [9.17, 15) is 0 Å². The van der Waals surface area contributed by atoms with Gasteiger partial charge in [-0.05, 0) is 43.1 Å². The highest BCUT2D eigenvalue weighted by atomic mass is 35.5. The largest absolute Gasteiger partial charge is 0.487 e. The minimum absolute atomic E-state index is 0. The Morgan fingerprint density at radius 1 is 1.21 bits per heavy atom. The van der Waals surface area contributed by atoms with E-state index >= 15 is 0 Å². The van der Waals surface area contributed by atoms with Crippen LogP contribution in [0.4, 0.5) is 0 Å². The van der Waals surface area contributed by atoms with Crippen molar-refractivity contribution in [3.8, 4) is 5.75 Å².